The molecule has 0 radical (unpaired) electrons. The molecule has 1 N–H and O–H groups in total. The quantitative estimate of drug-likeness (QED) is 0.716. The van der Waals surface area contributed by atoms with Crippen LogP contribution in [-0.4, -0.2) is 21.5 Å². The molecule has 0 aliphatic carbocycles. The Bertz CT molecular complexity index is 846. The molecule has 3 rings (SSSR count). The summed E-state index contributed by atoms with van der Waals surface area (Å²) in [5, 5.41) is 18.3. The molecule has 0 saturated carbocycles. The van der Waals surface area contributed by atoms with E-state index in [0.717, 1.165) is 0 Å². The van der Waals surface area contributed by atoms with Gasteiger partial charge in [0.2, 0.25) is 0 Å². The second-order valence-corrected chi connectivity index (χ2v) is 5.17. The van der Waals surface area contributed by atoms with Crippen molar-refractivity contribution < 1.29 is 9.52 Å². The van der Waals surface area contributed by atoms with E-state index in [-0.39, 0.29) is 17.7 Å². The van der Waals surface area contributed by atoms with Crippen LogP contribution in [0.25, 0.3) is 11.5 Å². The lowest BCUT2D eigenvalue weighted by Crippen LogP contribution is -1.80. The van der Waals surface area contributed by atoms with Crippen molar-refractivity contribution in [2.45, 2.75) is 0 Å². The molecule has 0 saturated heterocycles. The van der Waals surface area contributed by atoms with Crippen LogP contribution < -0.4 is 0 Å². The van der Waals surface area contributed by atoms with E-state index in [0.29, 0.717) is 21.2 Å². The van der Waals surface area contributed by atoms with E-state index in [1.165, 1.54) is 6.21 Å². The summed E-state index contributed by atoms with van der Waals surface area (Å²) in [5.41, 5.74) is 1.12. The number of phenols is 1. The highest BCUT2D eigenvalue weighted by Crippen LogP contribution is 2.30. The molecular weight excluding hydrogens is 325 g/mol. The fourth-order valence-corrected chi connectivity index (χ4v) is 2.25. The first-order valence-electron chi connectivity index (χ1n) is 6.24. The van der Waals surface area contributed by atoms with Crippen molar-refractivity contribution in [3.05, 3.63) is 58.1 Å². The molecular formula is C15H9Cl2N3O2. The SMILES string of the molecule is Oc1ccccc1/C=N/c1nnc(-c2ccc(Cl)cc2Cl)o1. The largest absolute Gasteiger partial charge is 0.507 e. The molecule has 0 aliphatic heterocycles. The molecule has 1 heterocycles. The Hall–Kier alpha value is -2.37. The number of para-hydroxylation sites is 1. The zero-order valence-corrected chi connectivity index (χ0v) is 12.6. The Morgan fingerprint density at radius 2 is 1.91 bits per heavy atom. The van der Waals surface area contributed by atoms with Gasteiger partial charge in [-0.2, -0.15) is 0 Å². The predicted molar refractivity (Wildman–Crippen MR) is 85.1 cm³/mol. The third kappa shape index (κ3) is 3.10. The third-order valence-electron chi connectivity index (χ3n) is 2.83. The first kappa shape index (κ1) is 14.6. The van der Waals surface area contributed by atoms with Crippen molar-refractivity contribution in [2.75, 3.05) is 0 Å². The number of hydrogen-bond donors (Lipinski definition) is 1. The van der Waals surface area contributed by atoms with Gasteiger partial charge in [-0.15, -0.1) is 5.10 Å². The Morgan fingerprint density at radius 1 is 1.09 bits per heavy atom. The van der Waals surface area contributed by atoms with Crippen molar-refractivity contribution in [3.8, 4) is 17.2 Å². The van der Waals surface area contributed by atoms with Crippen molar-refractivity contribution in [1.29, 1.82) is 0 Å². The average molecular weight is 334 g/mol. The number of aromatic hydroxyl groups is 1. The average Bonchev–Trinajstić information content (AvgIpc) is 2.95. The molecule has 0 bridgehead atoms. The van der Waals surface area contributed by atoms with E-state index in [9.17, 15) is 5.11 Å². The normalized spacial score (nSPS) is 11.2. The maximum atomic E-state index is 9.65. The van der Waals surface area contributed by atoms with Crippen LogP contribution in [0.2, 0.25) is 10.0 Å². The van der Waals surface area contributed by atoms with Crippen LogP contribution in [0.1, 0.15) is 5.56 Å². The van der Waals surface area contributed by atoms with E-state index in [4.69, 9.17) is 27.6 Å². The van der Waals surface area contributed by atoms with Crippen LogP contribution in [0.3, 0.4) is 0 Å². The van der Waals surface area contributed by atoms with Crippen LogP contribution in [0.4, 0.5) is 6.01 Å². The minimum atomic E-state index is 0.0595. The van der Waals surface area contributed by atoms with Crippen LogP contribution >= 0.6 is 23.2 Å². The monoisotopic (exact) mass is 333 g/mol. The maximum absolute atomic E-state index is 9.65. The number of halogens is 2. The van der Waals surface area contributed by atoms with Gasteiger partial charge in [-0.3, -0.25) is 0 Å². The van der Waals surface area contributed by atoms with Gasteiger partial charge in [-0.05, 0) is 30.3 Å². The number of aromatic nitrogens is 2. The summed E-state index contributed by atoms with van der Waals surface area (Å²) in [7, 11) is 0. The summed E-state index contributed by atoms with van der Waals surface area (Å²) in [5.74, 6) is 0.359. The predicted octanol–water partition coefficient (Wildman–Crippen LogP) is 4.50. The van der Waals surface area contributed by atoms with E-state index in [1.54, 1.807) is 42.5 Å². The Labute approximate surface area is 135 Å². The fourth-order valence-electron chi connectivity index (χ4n) is 1.76. The zero-order valence-electron chi connectivity index (χ0n) is 11.1. The fraction of sp³-hybridized carbons (Fsp3) is 0. The van der Waals surface area contributed by atoms with Gasteiger partial charge in [0.25, 0.3) is 5.89 Å². The lowest BCUT2D eigenvalue weighted by atomic mass is 10.2. The lowest BCUT2D eigenvalue weighted by molar-refractivity contribution is 0.474. The van der Waals surface area contributed by atoms with Gasteiger partial charge in [0, 0.05) is 16.8 Å². The molecule has 0 atom stereocenters. The number of aliphatic imine (C=N–C) groups is 1. The smallest absolute Gasteiger partial charge is 0.342 e. The molecule has 0 amide bonds. The summed E-state index contributed by atoms with van der Waals surface area (Å²) < 4.78 is 5.42. The summed E-state index contributed by atoms with van der Waals surface area (Å²) in [6.45, 7) is 0. The Kier molecular flexibility index (Phi) is 4.09. The molecule has 1 aromatic heterocycles. The summed E-state index contributed by atoms with van der Waals surface area (Å²) in [4.78, 5) is 4.04. The molecule has 2 aromatic carbocycles. The first-order chi connectivity index (χ1) is 10.6. The summed E-state index contributed by atoms with van der Waals surface area (Å²) in [6, 6.07) is 11.8. The molecule has 22 heavy (non-hydrogen) atoms. The van der Waals surface area contributed by atoms with Gasteiger partial charge in [0.15, 0.2) is 0 Å². The van der Waals surface area contributed by atoms with Gasteiger partial charge in [0.05, 0.1) is 10.6 Å². The first-order valence-corrected chi connectivity index (χ1v) is 7.00. The molecule has 3 aromatic rings. The molecule has 7 heteroatoms. The Balaban J connectivity index is 1.86. The summed E-state index contributed by atoms with van der Waals surface area (Å²) >= 11 is 11.9. The molecule has 0 fully saturated rings. The highest BCUT2D eigenvalue weighted by atomic mass is 35.5. The van der Waals surface area contributed by atoms with E-state index < -0.39 is 0 Å². The minimum Gasteiger partial charge on any atom is -0.507 e. The van der Waals surface area contributed by atoms with E-state index in [1.807, 2.05) is 0 Å². The highest BCUT2D eigenvalue weighted by Gasteiger charge is 2.11. The van der Waals surface area contributed by atoms with Gasteiger partial charge in [-0.25, -0.2) is 4.99 Å². The van der Waals surface area contributed by atoms with Gasteiger partial charge < -0.3 is 9.52 Å². The van der Waals surface area contributed by atoms with Gasteiger partial charge >= 0.3 is 6.01 Å². The minimum absolute atomic E-state index is 0.0595. The van der Waals surface area contributed by atoms with Crippen LogP contribution in [0.15, 0.2) is 51.9 Å². The van der Waals surface area contributed by atoms with Gasteiger partial charge in [0.1, 0.15) is 5.75 Å². The van der Waals surface area contributed by atoms with Crippen molar-refractivity contribution in [3.63, 3.8) is 0 Å². The van der Waals surface area contributed by atoms with Crippen molar-refractivity contribution in [2.24, 2.45) is 4.99 Å². The summed E-state index contributed by atoms with van der Waals surface area (Å²) in [6.07, 6.45) is 1.44. The van der Waals surface area contributed by atoms with E-state index in [2.05, 4.69) is 15.2 Å². The molecule has 0 aliphatic rings. The Morgan fingerprint density at radius 3 is 2.68 bits per heavy atom. The molecule has 0 spiro atoms. The number of nitrogens with zero attached hydrogens (tertiary/aromatic N) is 3. The van der Waals surface area contributed by atoms with Crippen molar-refractivity contribution >= 4 is 35.4 Å². The molecule has 110 valence electrons. The zero-order chi connectivity index (χ0) is 15.5. The standard InChI is InChI=1S/C15H9Cl2N3O2/c16-10-5-6-11(12(17)7-10)14-19-20-15(22-14)18-8-9-3-1-2-4-13(9)21/h1-8,21H/b18-8+. The highest BCUT2D eigenvalue weighted by molar-refractivity contribution is 6.36. The number of benzene rings is 2. The number of rotatable bonds is 3. The molecule has 5 nitrogen and oxygen atoms in total. The van der Waals surface area contributed by atoms with Crippen molar-refractivity contribution in [1.82, 2.24) is 10.2 Å². The second kappa shape index (κ2) is 6.17. The van der Waals surface area contributed by atoms with Crippen LogP contribution in [0, 0.1) is 0 Å². The van der Waals surface area contributed by atoms with E-state index >= 15 is 0 Å². The third-order valence-corrected chi connectivity index (χ3v) is 3.37. The number of phenolic OH excluding ortho intramolecular Hbond substituents is 1. The maximum Gasteiger partial charge on any atom is 0.342 e. The molecule has 0 unspecified atom stereocenters. The lowest BCUT2D eigenvalue weighted by Gasteiger charge is -1.98. The number of hydrogen-bond acceptors (Lipinski definition) is 5. The second-order valence-electron chi connectivity index (χ2n) is 4.33. The van der Waals surface area contributed by atoms with Crippen LogP contribution in [-0.2, 0) is 0 Å². The topological polar surface area (TPSA) is 71.5 Å². The van der Waals surface area contributed by atoms with Crippen LogP contribution in [0.5, 0.6) is 5.75 Å². The van der Waals surface area contributed by atoms with Gasteiger partial charge in [-0.1, -0.05) is 40.4 Å².